The van der Waals surface area contributed by atoms with Crippen molar-refractivity contribution >= 4 is 17.5 Å². The molecule has 0 fully saturated rings. The standard InChI is InChI=1S/C12H9ClN2O2/c13-10-3-1-7(5-9(10)12(14)17)11-4-2-8(16)6-15-11/h1-6,16H,(H2,14,17). The maximum Gasteiger partial charge on any atom is 0.250 e. The first-order chi connectivity index (χ1) is 8.08. The van der Waals surface area contributed by atoms with Gasteiger partial charge in [0.25, 0.3) is 0 Å². The molecule has 5 heteroatoms. The summed E-state index contributed by atoms with van der Waals surface area (Å²) < 4.78 is 0. The number of amides is 1. The summed E-state index contributed by atoms with van der Waals surface area (Å²) in [4.78, 5) is 15.2. The summed E-state index contributed by atoms with van der Waals surface area (Å²) in [6.45, 7) is 0. The molecule has 0 saturated heterocycles. The number of carbonyl (C=O) groups excluding carboxylic acids is 1. The van der Waals surface area contributed by atoms with E-state index < -0.39 is 5.91 Å². The van der Waals surface area contributed by atoms with E-state index in [0.717, 1.165) is 0 Å². The fourth-order valence-corrected chi connectivity index (χ4v) is 1.64. The Labute approximate surface area is 103 Å². The van der Waals surface area contributed by atoms with Crippen molar-refractivity contribution < 1.29 is 9.90 Å². The van der Waals surface area contributed by atoms with E-state index in [9.17, 15) is 4.79 Å². The number of hydrogen-bond donors (Lipinski definition) is 2. The Morgan fingerprint density at radius 3 is 2.65 bits per heavy atom. The molecule has 4 nitrogen and oxygen atoms in total. The normalized spacial score (nSPS) is 10.2. The summed E-state index contributed by atoms with van der Waals surface area (Å²) in [6, 6.07) is 8.05. The number of nitrogens with zero attached hydrogens (tertiary/aromatic N) is 1. The number of hydrogen-bond acceptors (Lipinski definition) is 3. The first-order valence-electron chi connectivity index (χ1n) is 4.82. The summed E-state index contributed by atoms with van der Waals surface area (Å²) in [5.41, 5.74) is 6.79. The topological polar surface area (TPSA) is 76.2 Å². The van der Waals surface area contributed by atoms with Crippen LogP contribution in [0.15, 0.2) is 36.5 Å². The van der Waals surface area contributed by atoms with Crippen molar-refractivity contribution in [1.82, 2.24) is 4.98 Å². The van der Waals surface area contributed by atoms with Crippen LogP contribution >= 0.6 is 11.6 Å². The van der Waals surface area contributed by atoms with Crippen molar-refractivity contribution in [3.63, 3.8) is 0 Å². The van der Waals surface area contributed by atoms with Crippen LogP contribution in [0.4, 0.5) is 0 Å². The Kier molecular flexibility index (Phi) is 2.97. The highest BCUT2D eigenvalue weighted by Crippen LogP contribution is 2.24. The van der Waals surface area contributed by atoms with Crippen molar-refractivity contribution in [2.75, 3.05) is 0 Å². The fraction of sp³-hybridized carbons (Fsp3) is 0. The minimum Gasteiger partial charge on any atom is -0.506 e. The van der Waals surface area contributed by atoms with Crippen molar-refractivity contribution in [3.8, 4) is 17.0 Å². The second kappa shape index (κ2) is 4.43. The maximum atomic E-state index is 11.1. The van der Waals surface area contributed by atoms with Gasteiger partial charge in [0.1, 0.15) is 5.75 Å². The predicted octanol–water partition coefficient (Wildman–Crippen LogP) is 2.21. The van der Waals surface area contributed by atoms with Gasteiger partial charge in [0, 0.05) is 5.56 Å². The Bertz CT molecular complexity index is 567. The van der Waals surface area contributed by atoms with Gasteiger partial charge in [0.2, 0.25) is 5.91 Å². The van der Waals surface area contributed by atoms with E-state index in [2.05, 4.69) is 4.98 Å². The fourth-order valence-electron chi connectivity index (χ4n) is 1.43. The molecule has 0 radical (unpaired) electrons. The van der Waals surface area contributed by atoms with Gasteiger partial charge in [-0.15, -0.1) is 0 Å². The van der Waals surface area contributed by atoms with Crippen LogP contribution in [-0.4, -0.2) is 16.0 Å². The minimum absolute atomic E-state index is 0.0813. The maximum absolute atomic E-state index is 11.1. The lowest BCUT2D eigenvalue weighted by molar-refractivity contribution is 0.100. The first kappa shape index (κ1) is 11.4. The largest absolute Gasteiger partial charge is 0.506 e. The zero-order chi connectivity index (χ0) is 12.4. The van der Waals surface area contributed by atoms with E-state index in [1.807, 2.05) is 0 Å². The molecule has 1 aromatic heterocycles. The molecule has 0 aliphatic rings. The molecule has 0 saturated carbocycles. The van der Waals surface area contributed by atoms with Crippen LogP contribution < -0.4 is 5.73 Å². The van der Waals surface area contributed by atoms with Crippen LogP contribution in [0.1, 0.15) is 10.4 Å². The molecule has 0 bridgehead atoms. The third-order valence-corrected chi connectivity index (χ3v) is 2.61. The molecule has 2 aromatic rings. The molecule has 0 spiro atoms. The highest BCUT2D eigenvalue weighted by atomic mass is 35.5. The SMILES string of the molecule is NC(=O)c1cc(-c2ccc(O)cn2)ccc1Cl. The Morgan fingerprint density at radius 2 is 2.06 bits per heavy atom. The smallest absolute Gasteiger partial charge is 0.250 e. The average molecular weight is 249 g/mol. The van der Waals surface area contributed by atoms with E-state index in [1.54, 1.807) is 24.3 Å². The number of primary amides is 1. The quantitative estimate of drug-likeness (QED) is 0.855. The Balaban J connectivity index is 2.50. The number of aromatic hydroxyl groups is 1. The van der Waals surface area contributed by atoms with Gasteiger partial charge in [-0.1, -0.05) is 17.7 Å². The highest BCUT2D eigenvalue weighted by molar-refractivity contribution is 6.33. The van der Waals surface area contributed by atoms with Gasteiger partial charge in [-0.3, -0.25) is 9.78 Å². The van der Waals surface area contributed by atoms with Crippen molar-refractivity contribution in [2.45, 2.75) is 0 Å². The summed E-state index contributed by atoms with van der Waals surface area (Å²) in [6.07, 6.45) is 1.33. The molecular weight excluding hydrogens is 240 g/mol. The summed E-state index contributed by atoms with van der Waals surface area (Å²) in [5, 5.41) is 9.44. The van der Waals surface area contributed by atoms with Crippen LogP contribution in [0.3, 0.4) is 0 Å². The molecule has 0 atom stereocenters. The van der Waals surface area contributed by atoms with E-state index in [0.29, 0.717) is 16.3 Å². The van der Waals surface area contributed by atoms with Crippen LogP contribution in [0.2, 0.25) is 5.02 Å². The summed E-state index contributed by atoms with van der Waals surface area (Å²) >= 11 is 5.84. The molecule has 0 aliphatic carbocycles. The molecule has 2 rings (SSSR count). The molecule has 1 aromatic carbocycles. The number of carbonyl (C=O) groups is 1. The van der Waals surface area contributed by atoms with Crippen molar-refractivity contribution in [1.29, 1.82) is 0 Å². The van der Waals surface area contributed by atoms with Gasteiger partial charge in [-0.25, -0.2) is 0 Å². The zero-order valence-corrected chi connectivity index (χ0v) is 9.48. The van der Waals surface area contributed by atoms with Gasteiger partial charge >= 0.3 is 0 Å². The van der Waals surface area contributed by atoms with Gasteiger partial charge < -0.3 is 10.8 Å². The number of nitrogens with two attached hydrogens (primary N) is 1. The third kappa shape index (κ3) is 2.37. The molecule has 86 valence electrons. The van der Waals surface area contributed by atoms with Crippen LogP contribution in [0.5, 0.6) is 5.75 Å². The van der Waals surface area contributed by atoms with Crippen molar-refractivity contribution in [2.24, 2.45) is 5.73 Å². The molecule has 3 N–H and O–H groups in total. The second-order valence-corrected chi connectivity index (χ2v) is 3.87. The second-order valence-electron chi connectivity index (χ2n) is 3.46. The van der Waals surface area contributed by atoms with Crippen LogP contribution in [-0.2, 0) is 0 Å². The Morgan fingerprint density at radius 1 is 1.29 bits per heavy atom. The van der Waals surface area contributed by atoms with Gasteiger partial charge in [-0.2, -0.15) is 0 Å². The third-order valence-electron chi connectivity index (χ3n) is 2.28. The van der Waals surface area contributed by atoms with Crippen LogP contribution in [0.25, 0.3) is 11.3 Å². The predicted molar refractivity (Wildman–Crippen MR) is 64.9 cm³/mol. The minimum atomic E-state index is -0.587. The average Bonchev–Trinajstić information content (AvgIpc) is 2.30. The zero-order valence-electron chi connectivity index (χ0n) is 8.72. The number of pyridine rings is 1. The number of benzene rings is 1. The van der Waals surface area contributed by atoms with Gasteiger partial charge in [-0.05, 0) is 24.3 Å². The van der Waals surface area contributed by atoms with Crippen LogP contribution in [0, 0.1) is 0 Å². The van der Waals surface area contributed by atoms with Crippen molar-refractivity contribution in [3.05, 3.63) is 47.1 Å². The monoisotopic (exact) mass is 248 g/mol. The lowest BCUT2D eigenvalue weighted by Crippen LogP contribution is -2.11. The number of rotatable bonds is 2. The highest BCUT2D eigenvalue weighted by Gasteiger charge is 2.09. The number of halogens is 1. The molecule has 17 heavy (non-hydrogen) atoms. The molecule has 0 aliphatic heterocycles. The lowest BCUT2D eigenvalue weighted by Gasteiger charge is -2.04. The van der Waals surface area contributed by atoms with Gasteiger partial charge in [0.05, 0.1) is 22.5 Å². The molecule has 1 heterocycles. The summed E-state index contributed by atoms with van der Waals surface area (Å²) in [5.74, 6) is -0.506. The van der Waals surface area contributed by atoms with E-state index >= 15 is 0 Å². The van der Waals surface area contributed by atoms with E-state index in [-0.39, 0.29) is 11.3 Å². The van der Waals surface area contributed by atoms with E-state index in [1.165, 1.54) is 12.3 Å². The van der Waals surface area contributed by atoms with Gasteiger partial charge in [0.15, 0.2) is 0 Å². The first-order valence-corrected chi connectivity index (χ1v) is 5.20. The van der Waals surface area contributed by atoms with E-state index in [4.69, 9.17) is 22.4 Å². The molecule has 1 amide bonds. The Hall–Kier alpha value is -2.07. The molecule has 0 unspecified atom stereocenters. The number of aromatic nitrogens is 1. The molecular formula is C12H9ClN2O2. The summed E-state index contributed by atoms with van der Waals surface area (Å²) in [7, 11) is 0. The lowest BCUT2D eigenvalue weighted by atomic mass is 10.1.